The molecule has 2 atom stereocenters. The molecule has 10 heteroatoms. The molecule has 2 fully saturated rings. The Hall–Kier alpha value is -1.75. The van der Waals surface area contributed by atoms with Gasteiger partial charge in [-0.3, -0.25) is 4.79 Å². The van der Waals surface area contributed by atoms with Crippen LogP contribution in [0.25, 0.3) is 0 Å². The summed E-state index contributed by atoms with van der Waals surface area (Å²) in [5.74, 6) is -0.00361. The largest absolute Gasteiger partial charge is 0.498 e. The van der Waals surface area contributed by atoms with Crippen molar-refractivity contribution in [2.75, 3.05) is 25.0 Å². The van der Waals surface area contributed by atoms with Crippen LogP contribution in [-0.2, 0) is 14.1 Å². The highest BCUT2D eigenvalue weighted by molar-refractivity contribution is 6.61. The minimum atomic E-state index is -1.36. The minimum Gasteiger partial charge on any atom is -0.399 e. The Labute approximate surface area is 159 Å². The fourth-order valence-electron chi connectivity index (χ4n) is 3.06. The summed E-state index contributed by atoms with van der Waals surface area (Å²) in [6.45, 7) is 8.33. The SMILES string of the molecule is CC1(C)OB(c2cnc(N[C@H]3CCN(C(=O)C(O)CO)C3)nc2)OC1(C)C. The maximum absolute atomic E-state index is 11.9. The van der Waals surface area contributed by atoms with Gasteiger partial charge in [0.1, 0.15) is 0 Å². The van der Waals surface area contributed by atoms with Gasteiger partial charge in [0.25, 0.3) is 5.91 Å². The molecule has 3 rings (SSSR count). The molecule has 2 aliphatic heterocycles. The van der Waals surface area contributed by atoms with E-state index in [2.05, 4.69) is 15.3 Å². The first-order chi connectivity index (χ1) is 12.6. The number of carbonyl (C=O) groups is 1. The molecular formula is C17H27BN4O5. The predicted octanol–water partition coefficient (Wildman–Crippen LogP) is -0.858. The Bertz CT molecular complexity index is 668. The van der Waals surface area contributed by atoms with Crippen LogP contribution in [0.2, 0.25) is 0 Å². The first-order valence-electron chi connectivity index (χ1n) is 9.15. The molecule has 1 aromatic heterocycles. The maximum Gasteiger partial charge on any atom is 0.498 e. The third-order valence-corrected chi connectivity index (χ3v) is 5.49. The Morgan fingerprint density at radius 3 is 2.48 bits per heavy atom. The summed E-state index contributed by atoms with van der Waals surface area (Å²) in [6.07, 6.45) is 2.70. The van der Waals surface area contributed by atoms with E-state index in [1.807, 2.05) is 27.7 Å². The number of carbonyl (C=O) groups excluding carboxylic acids is 1. The number of rotatable bonds is 5. The predicted molar refractivity (Wildman–Crippen MR) is 99.4 cm³/mol. The molecule has 9 nitrogen and oxygen atoms in total. The highest BCUT2D eigenvalue weighted by atomic mass is 16.7. The van der Waals surface area contributed by atoms with Crippen LogP contribution in [0, 0.1) is 0 Å². The number of hydrogen-bond acceptors (Lipinski definition) is 8. The Balaban J connectivity index is 1.57. The number of aromatic nitrogens is 2. The molecular weight excluding hydrogens is 351 g/mol. The van der Waals surface area contributed by atoms with Gasteiger partial charge in [0.15, 0.2) is 6.10 Å². The van der Waals surface area contributed by atoms with Gasteiger partial charge in [-0.15, -0.1) is 0 Å². The number of anilines is 1. The average Bonchev–Trinajstić information content (AvgIpc) is 3.16. The third-order valence-electron chi connectivity index (χ3n) is 5.49. The molecule has 3 N–H and O–H groups in total. The number of nitrogens with one attached hydrogen (secondary N) is 1. The molecule has 1 amide bonds. The number of amides is 1. The second-order valence-electron chi connectivity index (χ2n) is 8.04. The van der Waals surface area contributed by atoms with Crippen LogP contribution in [0.4, 0.5) is 5.95 Å². The lowest BCUT2D eigenvalue weighted by molar-refractivity contribution is -0.140. The van der Waals surface area contributed by atoms with Crippen LogP contribution in [0.3, 0.4) is 0 Å². The van der Waals surface area contributed by atoms with Crippen molar-refractivity contribution in [2.24, 2.45) is 0 Å². The van der Waals surface area contributed by atoms with E-state index in [1.54, 1.807) is 12.4 Å². The van der Waals surface area contributed by atoms with E-state index in [0.29, 0.717) is 25.5 Å². The van der Waals surface area contributed by atoms with Gasteiger partial charge >= 0.3 is 7.12 Å². The van der Waals surface area contributed by atoms with Crippen molar-refractivity contribution in [3.05, 3.63) is 12.4 Å². The van der Waals surface area contributed by atoms with Gasteiger partial charge in [0.05, 0.1) is 17.8 Å². The molecule has 27 heavy (non-hydrogen) atoms. The molecule has 1 aromatic rings. The minimum absolute atomic E-state index is 0.0115. The van der Waals surface area contributed by atoms with Crippen molar-refractivity contribution in [1.29, 1.82) is 0 Å². The summed E-state index contributed by atoms with van der Waals surface area (Å²) in [4.78, 5) is 22.1. The van der Waals surface area contributed by atoms with Crippen LogP contribution in [0.5, 0.6) is 0 Å². The summed E-state index contributed by atoms with van der Waals surface area (Å²) in [6, 6.07) is -0.0115. The van der Waals surface area contributed by atoms with E-state index in [4.69, 9.17) is 14.4 Å². The monoisotopic (exact) mass is 378 g/mol. The topological polar surface area (TPSA) is 117 Å². The van der Waals surface area contributed by atoms with E-state index in [1.165, 1.54) is 4.90 Å². The van der Waals surface area contributed by atoms with Crippen LogP contribution < -0.4 is 10.8 Å². The lowest BCUT2D eigenvalue weighted by Crippen LogP contribution is -2.41. The second kappa shape index (κ2) is 7.35. The normalized spacial score (nSPS) is 24.9. The number of hydrogen-bond donors (Lipinski definition) is 3. The summed E-state index contributed by atoms with van der Waals surface area (Å²) in [5.41, 5.74) is -0.102. The lowest BCUT2D eigenvalue weighted by Gasteiger charge is -2.32. The van der Waals surface area contributed by atoms with Crippen LogP contribution in [0.1, 0.15) is 34.1 Å². The van der Waals surface area contributed by atoms with Crippen molar-refractivity contribution in [2.45, 2.75) is 57.5 Å². The van der Waals surface area contributed by atoms with Crippen molar-refractivity contribution >= 4 is 24.4 Å². The second-order valence-corrected chi connectivity index (χ2v) is 8.04. The van der Waals surface area contributed by atoms with Gasteiger partial charge in [-0.25, -0.2) is 9.97 Å². The van der Waals surface area contributed by atoms with Gasteiger partial charge in [-0.1, -0.05) is 0 Å². The summed E-state index contributed by atoms with van der Waals surface area (Å²) in [5, 5.41) is 21.5. The third kappa shape index (κ3) is 4.08. The Kier molecular flexibility index (Phi) is 5.44. The van der Waals surface area contributed by atoms with Gasteiger partial charge in [-0.05, 0) is 34.1 Å². The van der Waals surface area contributed by atoms with Crippen molar-refractivity contribution < 1.29 is 24.3 Å². The zero-order valence-electron chi connectivity index (χ0n) is 16.2. The van der Waals surface area contributed by atoms with Gasteiger partial charge in [0, 0.05) is 37.0 Å². The summed E-state index contributed by atoms with van der Waals surface area (Å²) < 4.78 is 12.0. The number of nitrogens with zero attached hydrogens (tertiary/aromatic N) is 3. The van der Waals surface area contributed by atoms with Crippen molar-refractivity contribution in [3.63, 3.8) is 0 Å². The maximum atomic E-state index is 11.9. The lowest BCUT2D eigenvalue weighted by atomic mass is 9.81. The van der Waals surface area contributed by atoms with Gasteiger partial charge < -0.3 is 29.7 Å². The van der Waals surface area contributed by atoms with Crippen LogP contribution >= 0.6 is 0 Å². The summed E-state index contributed by atoms with van der Waals surface area (Å²) >= 11 is 0. The Morgan fingerprint density at radius 1 is 1.33 bits per heavy atom. The van der Waals surface area contributed by atoms with Crippen LogP contribution in [0.15, 0.2) is 12.4 Å². The molecule has 148 valence electrons. The average molecular weight is 378 g/mol. The molecule has 0 aromatic carbocycles. The zero-order valence-corrected chi connectivity index (χ0v) is 16.2. The molecule has 2 saturated heterocycles. The van der Waals surface area contributed by atoms with Crippen LogP contribution in [-0.4, -0.2) is 81.2 Å². The first-order valence-corrected chi connectivity index (χ1v) is 9.15. The molecule has 2 aliphatic rings. The molecule has 0 radical (unpaired) electrons. The molecule has 1 unspecified atom stereocenters. The number of aliphatic hydroxyl groups is 2. The van der Waals surface area contributed by atoms with Crippen molar-refractivity contribution in [1.82, 2.24) is 14.9 Å². The number of aliphatic hydroxyl groups excluding tert-OH is 2. The first kappa shape index (κ1) is 20.0. The van der Waals surface area contributed by atoms with Gasteiger partial charge in [0.2, 0.25) is 5.95 Å². The molecule has 0 spiro atoms. The Morgan fingerprint density at radius 2 is 1.93 bits per heavy atom. The summed E-state index contributed by atoms with van der Waals surface area (Å²) in [7, 11) is -0.511. The standard InChI is InChI=1S/C17H27BN4O5/c1-16(2)17(3,4)27-18(26-16)11-7-19-15(20-8-11)21-12-5-6-22(9-12)14(25)13(24)10-23/h7-8,12-13,23-24H,5-6,9-10H2,1-4H3,(H,19,20,21)/t12-,13?/m0/s1. The quantitative estimate of drug-likeness (QED) is 0.567. The van der Waals surface area contributed by atoms with E-state index >= 15 is 0 Å². The van der Waals surface area contributed by atoms with Gasteiger partial charge in [-0.2, -0.15) is 0 Å². The van der Waals surface area contributed by atoms with E-state index in [9.17, 15) is 9.90 Å². The molecule has 0 saturated carbocycles. The fraction of sp³-hybridized carbons (Fsp3) is 0.706. The fourth-order valence-corrected chi connectivity index (χ4v) is 3.06. The number of likely N-dealkylation sites (tertiary alicyclic amines) is 1. The molecule has 3 heterocycles. The molecule has 0 aliphatic carbocycles. The smallest absolute Gasteiger partial charge is 0.399 e. The van der Waals surface area contributed by atoms with E-state index in [-0.39, 0.29) is 6.04 Å². The molecule has 0 bridgehead atoms. The van der Waals surface area contributed by atoms with Crippen molar-refractivity contribution in [3.8, 4) is 0 Å². The highest BCUT2D eigenvalue weighted by Crippen LogP contribution is 2.36. The van der Waals surface area contributed by atoms with E-state index in [0.717, 1.165) is 5.46 Å². The highest BCUT2D eigenvalue weighted by Gasteiger charge is 2.52. The van der Waals surface area contributed by atoms with E-state index < -0.39 is 36.9 Å². The zero-order chi connectivity index (χ0) is 19.8.